The summed E-state index contributed by atoms with van der Waals surface area (Å²) in [6.45, 7) is 4.80. The summed E-state index contributed by atoms with van der Waals surface area (Å²) in [6, 6.07) is 9.95. The van der Waals surface area contributed by atoms with Gasteiger partial charge in [0.15, 0.2) is 0 Å². The van der Waals surface area contributed by atoms with Crippen LogP contribution in [-0.4, -0.2) is 33.4 Å². The Morgan fingerprint density at radius 2 is 1.86 bits per heavy atom. The van der Waals surface area contributed by atoms with Gasteiger partial charge in [0.2, 0.25) is 0 Å². The Labute approximate surface area is 138 Å². The highest BCUT2D eigenvalue weighted by atomic mass is 32.2. The topological polar surface area (TPSA) is 52.6 Å². The lowest BCUT2D eigenvalue weighted by Gasteiger charge is -2.37. The summed E-state index contributed by atoms with van der Waals surface area (Å²) in [6.07, 6.45) is 0.775. The lowest BCUT2D eigenvalue weighted by atomic mass is 9.97. The Bertz CT molecular complexity index is 591. The molecule has 122 valence electrons. The lowest BCUT2D eigenvalue weighted by molar-refractivity contribution is 0.0406. The zero-order chi connectivity index (χ0) is 15.8. The number of rotatable bonds is 3. The number of thioether (sulfide) groups is 1. The van der Waals surface area contributed by atoms with Crippen LogP contribution in [-0.2, 0) is 24.4 Å². The maximum Gasteiger partial charge on any atom is 0.347 e. The predicted octanol–water partition coefficient (Wildman–Crippen LogP) is 3.89. The van der Waals surface area contributed by atoms with Crippen molar-refractivity contribution in [3.63, 3.8) is 0 Å². The van der Waals surface area contributed by atoms with Crippen molar-refractivity contribution in [2.24, 2.45) is 5.41 Å². The Balaban J connectivity index is 1.78. The smallest absolute Gasteiger partial charge is 0.307 e. The molecule has 22 heavy (non-hydrogen) atoms. The van der Waals surface area contributed by atoms with Crippen molar-refractivity contribution >= 4 is 30.2 Å². The number of hydrogen-bond acceptors (Lipinski definition) is 5. The summed E-state index contributed by atoms with van der Waals surface area (Å²) < 4.78 is 36.7. The first kappa shape index (κ1) is 16.7. The van der Waals surface area contributed by atoms with Crippen molar-refractivity contribution in [1.82, 2.24) is 0 Å². The zero-order valence-corrected chi connectivity index (χ0v) is 15.3. The maximum atomic E-state index is 13.1. The molecule has 7 heteroatoms. The highest BCUT2D eigenvalue weighted by Crippen LogP contribution is 2.63. The summed E-state index contributed by atoms with van der Waals surface area (Å²) in [5.74, 6) is 0.565. The molecule has 1 aromatic rings. The minimum atomic E-state index is -3.31. The van der Waals surface area contributed by atoms with Gasteiger partial charge in [0.05, 0.1) is 13.2 Å². The van der Waals surface area contributed by atoms with Gasteiger partial charge in [-0.15, -0.1) is 11.8 Å². The van der Waals surface area contributed by atoms with Crippen LogP contribution in [0.1, 0.15) is 20.3 Å². The standard InChI is InChI=1S/C15H21O4PS2/c1-15(2)10-18-20(16,19-11-15)14-13(8-9-22(14)17)21-12-6-4-3-5-7-12/h3-7,13-14H,8-11H2,1-2H3/t13-,14-,22+/m0/s1. The minimum Gasteiger partial charge on any atom is -0.307 e. The van der Waals surface area contributed by atoms with E-state index in [0.29, 0.717) is 19.0 Å². The molecular formula is C15H21O4PS2. The third kappa shape index (κ3) is 3.51. The van der Waals surface area contributed by atoms with E-state index in [9.17, 15) is 8.77 Å². The van der Waals surface area contributed by atoms with Gasteiger partial charge in [-0.1, -0.05) is 32.0 Å². The van der Waals surface area contributed by atoms with Crippen LogP contribution < -0.4 is 0 Å². The van der Waals surface area contributed by atoms with E-state index in [4.69, 9.17) is 9.05 Å². The van der Waals surface area contributed by atoms with Gasteiger partial charge < -0.3 is 9.05 Å². The average molecular weight is 360 g/mol. The quantitative estimate of drug-likeness (QED) is 0.766. The Hall–Kier alpha value is -0.130. The van der Waals surface area contributed by atoms with Gasteiger partial charge in [-0.05, 0) is 18.6 Å². The maximum absolute atomic E-state index is 13.1. The molecule has 2 aliphatic rings. The molecule has 2 heterocycles. The van der Waals surface area contributed by atoms with Crippen LogP contribution in [0.25, 0.3) is 0 Å². The van der Waals surface area contributed by atoms with E-state index in [1.165, 1.54) is 0 Å². The van der Waals surface area contributed by atoms with Gasteiger partial charge in [-0.25, -0.2) is 0 Å². The first-order chi connectivity index (χ1) is 10.4. The van der Waals surface area contributed by atoms with E-state index in [2.05, 4.69) is 0 Å². The van der Waals surface area contributed by atoms with Gasteiger partial charge in [0.1, 0.15) is 4.99 Å². The fraction of sp³-hybridized carbons (Fsp3) is 0.600. The molecule has 3 atom stereocenters. The van der Waals surface area contributed by atoms with Gasteiger partial charge in [0.25, 0.3) is 0 Å². The van der Waals surface area contributed by atoms with Crippen molar-refractivity contribution in [2.75, 3.05) is 19.0 Å². The molecule has 0 saturated carbocycles. The molecule has 0 amide bonds. The molecular weight excluding hydrogens is 339 g/mol. The van der Waals surface area contributed by atoms with Crippen molar-refractivity contribution in [1.29, 1.82) is 0 Å². The van der Waals surface area contributed by atoms with Gasteiger partial charge in [0, 0.05) is 32.1 Å². The van der Waals surface area contributed by atoms with E-state index in [0.717, 1.165) is 11.3 Å². The summed E-state index contributed by atoms with van der Waals surface area (Å²) in [7, 11) is -4.47. The first-order valence-corrected chi connectivity index (χ1v) is 11.2. The molecule has 2 fully saturated rings. The molecule has 0 aromatic heterocycles. The largest absolute Gasteiger partial charge is 0.347 e. The molecule has 4 nitrogen and oxygen atoms in total. The molecule has 0 spiro atoms. The van der Waals surface area contributed by atoms with E-state index in [1.807, 2.05) is 44.2 Å². The second-order valence-corrected chi connectivity index (χ2v) is 12.0. The highest BCUT2D eigenvalue weighted by Gasteiger charge is 2.52. The average Bonchev–Trinajstić information content (AvgIpc) is 2.85. The SMILES string of the molecule is CC1(C)COP(=O)([C@@H]2[C@@H](Sc3ccccc3)CC[S@]2=O)OC1. The van der Waals surface area contributed by atoms with Crippen molar-refractivity contribution in [2.45, 2.75) is 35.4 Å². The summed E-state index contributed by atoms with van der Waals surface area (Å²) in [5, 5.41) is 0.00952. The van der Waals surface area contributed by atoms with Gasteiger partial charge in [-0.2, -0.15) is 0 Å². The zero-order valence-electron chi connectivity index (χ0n) is 12.8. The van der Waals surface area contributed by atoms with Crippen LogP contribution in [0.15, 0.2) is 35.2 Å². The fourth-order valence-corrected chi connectivity index (χ4v) is 9.91. The van der Waals surface area contributed by atoms with E-state index >= 15 is 0 Å². The normalized spacial score (nSPS) is 33.6. The molecule has 0 bridgehead atoms. The third-order valence-corrected chi connectivity index (χ3v) is 10.5. The monoisotopic (exact) mass is 360 g/mol. The third-order valence-electron chi connectivity index (χ3n) is 3.80. The molecule has 0 N–H and O–H groups in total. The molecule has 2 aliphatic heterocycles. The van der Waals surface area contributed by atoms with Gasteiger partial charge >= 0.3 is 7.60 Å². The predicted molar refractivity (Wildman–Crippen MR) is 90.8 cm³/mol. The molecule has 0 unspecified atom stereocenters. The molecule has 0 radical (unpaired) electrons. The Morgan fingerprint density at radius 1 is 1.23 bits per heavy atom. The van der Waals surface area contributed by atoms with Crippen LogP contribution in [0.3, 0.4) is 0 Å². The minimum absolute atomic E-state index is 0.00952. The van der Waals surface area contributed by atoms with E-state index < -0.39 is 23.4 Å². The van der Waals surface area contributed by atoms with Crippen LogP contribution in [0, 0.1) is 5.41 Å². The number of benzene rings is 1. The first-order valence-electron chi connectivity index (χ1n) is 7.37. The fourth-order valence-electron chi connectivity index (χ4n) is 2.56. The van der Waals surface area contributed by atoms with Crippen LogP contribution >= 0.6 is 19.4 Å². The van der Waals surface area contributed by atoms with E-state index in [1.54, 1.807) is 11.8 Å². The molecule has 0 aliphatic carbocycles. The highest BCUT2D eigenvalue weighted by molar-refractivity contribution is 8.03. The van der Waals surface area contributed by atoms with Crippen LogP contribution in [0.4, 0.5) is 0 Å². The lowest BCUT2D eigenvalue weighted by Crippen LogP contribution is -2.34. The number of hydrogen-bond donors (Lipinski definition) is 0. The van der Waals surface area contributed by atoms with E-state index in [-0.39, 0.29) is 10.7 Å². The van der Waals surface area contributed by atoms with Crippen molar-refractivity contribution in [3.05, 3.63) is 30.3 Å². The van der Waals surface area contributed by atoms with Crippen molar-refractivity contribution in [3.8, 4) is 0 Å². The Kier molecular flexibility index (Phi) is 4.87. The van der Waals surface area contributed by atoms with Gasteiger partial charge in [-0.3, -0.25) is 8.77 Å². The second-order valence-electron chi connectivity index (χ2n) is 6.48. The molecule has 1 aromatic carbocycles. The second kappa shape index (κ2) is 6.40. The van der Waals surface area contributed by atoms with Crippen molar-refractivity contribution < 1.29 is 17.8 Å². The Morgan fingerprint density at radius 3 is 2.50 bits per heavy atom. The summed E-state index contributed by atoms with van der Waals surface area (Å²) in [5.41, 5.74) is -0.143. The molecule has 2 saturated heterocycles. The molecule has 3 rings (SSSR count). The summed E-state index contributed by atoms with van der Waals surface area (Å²) >= 11 is 1.63. The van der Waals surface area contributed by atoms with Crippen LogP contribution in [0.5, 0.6) is 0 Å². The summed E-state index contributed by atoms with van der Waals surface area (Å²) in [4.78, 5) is 0.578. The van der Waals surface area contributed by atoms with Crippen LogP contribution in [0.2, 0.25) is 0 Å².